The zero-order valence-electron chi connectivity index (χ0n) is 15.4. The Morgan fingerprint density at radius 3 is 2.55 bits per heavy atom. The SMILES string of the molecule is N#Cc1cccc(C(=O)OCC(=O)N(Cc2ccccc2)[C@H]2C=CS(=O)(=O)C2)c1. The highest BCUT2D eigenvalue weighted by Crippen LogP contribution is 2.18. The fourth-order valence-corrected chi connectivity index (χ4v) is 4.23. The highest BCUT2D eigenvalue weighted by molar-refractivity contribution is 7.94. The normalized spacial score (nSPS) is 16.7. The number of hydrogen-bond acceptors (Lipinski definition) is 6. The van der Waals surface area contributed by atoms with E-state index in [0.29, 0.717) is 5.56 Å². The van der Waals surface area contributed by atoms with Crippen LogP contribution in [0, 0.1) is 11.3 Å². The largest absolute Gasteiger partial charge is 0.452 e. The van der Waals surface area contributed by atoms with E-state index in [1.807, 2.05) is 36.4 Å². The minimum atomic E-state index is -3.36. The maximum Gasteiger partial charge on any atom is 0.338 e. The maximum atomic E-state index is 12.8. The van der Waals surface area contributed by atoms with Crippen molar-refractivity contribution in [1.29, 1.82) is 5.26 Å². The molecular formula is C21H18N2O5S. The van der Waals surface area contributed by atoms with Gasteiger partial charge in [0.15, 0.2) is 16.4 Å². The van der Waals surface area contributed by atoms with Crippen molar-refractivity contribution < 1.29 is 22.7 Å². The Morgan fingerprint density at radius 1 is 1.14 bits per heavy atom. The minimum absolute atomic E-state index is 0.162. The van der Waals surface area contributed by atoms with Gasteiger partial charge in [0.05, 0.1) is 29.0 Å². The van der Waals surface area contributed by atoms with Gasteiger partial charge in [-0.05, 0) is 29.8 Å². The first-order chi connectivity index (χ1) is 13.9. The molecule has 0 N–H and O–H groups in total. The predicted molar refractivity (Wildman–Crippen MR) is 105 cm³/mol. The van der Waals surface area contributed by atoms with Gasteiger partial charge in [-0.3, -0.25) is 4.79 Å². The molecule has 0 unspecified atom stereocenters. The molecule has 2 aromatic rings. The van der Waals surface area contributed by atoms with Gasteiger partial charge in [0.1, 0.15) is 0 Å². The molecule has 3 rings (SSSR count). The van der Waals surface area contributed by atoms with E-state index < -0.39 is 34.4 Å². The van der Waals surface area contributed by atoms with Gasteiger partial charge in [-0.15, -0.1) is 0 Å². The Kier molecular flexibility index (Phi) is 6.10. The molecule has 0 aromatic heterocycles. The number of nitrogens with zero attached hydrogens (tertiary/aromatic N) is 2. The molecule has 29 heavy (non-hydrogen) atoms. The van der Waals surface area contributed by atoms with Crippen LogP contribution in [0.3, 0.4) is 0 Å². The molecule has 1 aliphatic heterocycles. The summed E-state index contributed by atoms with van der Waals surface area (Å²) in [6, 6.07) is 16.4. The predicted octanol–water partition coefficient (Wildman–Crippen LogP) is 2.05. The van der Waals surface area contributed by atoms with Crippen LogP contribution < -0.4 is 0 Å². The van der Waals surface area contributed by atoms with Crippen molar-refractivity contribution in [3.63, 3.8) is 0 Å². The summed E-state index contributed by atoms with van der Waals surface area (Å²) in [6.45, 7) is -0.349. The summed E-state index contributed by atoms with van der Waals surface area (Å²) < 4.78 is 28.7. The van der Waals surface area contributed by atoms with E-state index in [1.165, 1.54) is 23.1 Å². The van der Waals surface area contributed by atoms with E-state index in [4.69, 9.17) is 10.00 Å². The average molecular weight is 410 g/mol. The second-order valence-electron chi connectivity index (χ2n) is 6.50. The van der Waals surface area contributed by atoms with Crippen LogP contribution in [-0.4, -0.2) is 43.6 Å². The van der Waals surface area contributed by atoms with Gasteiger partial charge < -0.3 is 9.64 Å². The average Bonchev–Trinajstić information content (AvgIpc) is 3.10. The molecule has 1 heterocycles. The van der Waals surface area contributed by atoms with Crippen LogP contribution in [0.2, 0.25) is 0 Å². The van der Waals surface area contributed by atoms with Gasteiger partial charge in [0, 0.05) is 12.0 Å². The first kappa shape index (κ1) is 20.3. The molecule has 7 nitrogen and oxygen atoms in total. The Bertz CT molecular complexity index is 1090. The van der Waals surface area contributed by atoms with E-state index >= 15 is 0 Å². The number of hydrogen-bond donors (Lipinski definition) is 0. The third kappa shape index (κ3) is 5.30. The third-order valence-corrected chi connectivity index (χ3v) is 5.76. The van der Waals surface area contributed by atoms with Crippen molar-refractivity contribution in [2.75, 3.05) is 12.4 Å². The highest BCUT2D eigenvalue weighted by atomic mass is 32.2. The van der Waals surface area contributed by atoms with Crippen LogP contribution in [0.15, 0.2) is 66.1 Å². The molecule has 0 saturated carbocycles. The van der Waals surface area contributed by atoms with Crippen molar-refractivity contribution in [3.8, 4) is 6.07 Å². The Morgan fingerprint density at radius 2 is 1.90 bits per heavy atom. The van der Waals surface area contributed by atoms with Gasteiger partial charge in [0.2, 0.25) is 0 Å². The smallest absolute Gasteiger partial charge is 0.338 e. The molecule has 8 heteroatoms. The van der Waals surface area contributed by atoms with E-state index in [1.54, 1.807) is 12.1 Å². The molecule has 0 fully saturated rings. The summed E-state index contributed by atoms with van der Waals surface area (Å²) in [6.07, 6.45) is 1.47. The first-order valence-electron chi connectivity index (χ1n) is 8.79. The van der Waals surface area contributed by atoms with Gasteiger partial charge in [-0.1, -0.05) is 36.4 Å². The van der Waals surface area contributed by atoms with E-state index in [9.17, 15) is 18.0 Å². The number of carbonyl (C=O) groups excluding carboxylic acids is 2. The van der Waals surface area contributed by atoms with E-state index in [0.717, 1.165) is 11.0 Å². The molecule has 1 atom stereocenters. The number of rotatable bonds is 6. The number of ether oxygens (including phenoxy) is 1. The lowest BCUT2D eigenvalue weighted by Crippen LogP contribution is -2.42. The maximum absolute atomic E-state index is 12.8. The van der Waals surface area contributed by atoms with E-state index in [2.05, 4.69) is 0 Å². The minimum Gasteiger partial charge on any atom is -0.452 e. The fraction of sp³-hybridized carbons (Fsp3) is 0.190. The van der Waals surface area contributed by atoms with Crippen molar-refractivity contribution in [3.05, 3.63) is 82.8 Å². The second-order valence-corrected chi connectivity index (χ2v) is 8.43. The Hall–Kier alpha value is -3.44. The van der Waals surface area contributed by atoms with Crippen molar-refractivity contribution >= 4 is 21.7 Å². The second kappa shape index (κ2) is 8.71. The zero-order chi connectivity index (χ0) is 20.9. The number of nitriles is 1. The van der Waals surface area contributed by atoms with Crippen LogP contribution >= 0.6 is 0 Å². The Balaban J connectivity index is 1.71. The molecule has 2 aromatic carbocycles. The van der Waals surface area contributed by atoms with Crippen LogP contribution in [0.25, 0.3) is 0 Å². The van der Waals surface area contributed by atoms with Gasteiger partial charge in [-0.25, -0.2) is 13.2 Å². The van der Waals surface area contributed by atoms with Gasteiger partial charge in [-0.2, -0.15) is 5.26 Å². The summed E-state index contributed by atoms with van der Waals surface area (Å²) >= 11 is 0. The molecule has 0 radical (unpaired) electrons. The summed E-state index contributed by atoms with van der Waals surface area (Å²) in [5.74, 6) is -1.45. The third-order valence-electron chi connectivity index (χ3n) is 4.38. The molecule has 0 saturated heterocycles. The summed E-state index contributed by atoms with van der Waals surface area (Å²) in [7, 11) is -3.36. The molecule has 0 aliphatic carbocycles. The molecule has 1 aliphatic rings. The summed E-state index contributed by atoms with van der Waals surface area (Å²) in [4.78, 5) is 26.4. The van der Waals surface area contributed by atoms with Crippen molar-refractivity contribution in [1.82, 2.24) is 4.90 Å². The molecule has 0 spiro atoms. The molecule has 1 amide bonds. The summed E-state index contributed by atoms with van der Waals surface area (Å²) in [5, 5.41) is 10.0. The fourth-order valence-electron chi connectivity index (χ4n) is 2.93. The van der Waals surface area contributed by atoms with E-state index in [-0.39, 0.29) is 17.9 Å². The topological polar surface area (TPSA) is 105 Å². The monoisotopic (exact) mass is 410 g/mol. The molecular weight excluding hydrogens is 392 g/mol. The standard InChI is InChI=1S/C21H18N2O5S/c22-12-17-7-4-8-18(11-17)21(25)28-14-20(24)23(13-16-5-2-1-3-6-16)19-9-10-29(26,27)15-19/h1-11,19H,13-15H2/t19-/m0/s1. The Labute approximate surface area is 168 Å². The van der Waals surface area contributed by atoms with Gasteiger partial charge >= 0.3 is 5.97 Å². The van der Waals surface area contributed by atoms with Crippen molar-refractivity contribution in [2.45, 2.75) is 12.6 Å². The lowest BCUT2D eigenvalue weighted by atomic mass is 10.1. The van der Waals surface area contributed by atoms with Crippen molar-refractivity contribution in [2.24, 2.45) is 0 Å². The van der Waals surface area contributed by atoms with Gasteiger partial charge in [0.25, 0.3) is 5.91 Å². The van der Waals surface area contributed by atoms with Crippen LogP contribution in [0.1, 0.15) is 21.5 Å². The number of benzene rings is 2. The zero-order valence-corrected chi connectivity index (χ0v) is 16.2. The van der Waals surface area contributed by atoms with Crippen LogP contribution in [0.4, 0.5) is 0 Å². The number of amides is 1. The summed E-state index contributed by atoms with van der Waals surface area (Å²) in [5.41, 5.74) is 1.29. The number of esters is 1. The number of carbonyl (C=O) groups is 2. The van der Waals surface area contributed by atoms with Crippen LogP contribution in [-0.2, 0) is 25.9 Å². The first-order valence-corrected chi connectivity index (χ1v) is 10.5. The lowest BCUT2D eigenvalue weighted by molar-refractivity contribution is -0.136. The highest BCUT2D eigenvalue weighted by Gasteiger charge is 2.30. The molecule has 0 bridgehead atoms. The number of sulfone groups is 1. The molecule has 148 valence electrons. The lowest BCUT2D eigenvalue weighted by Gasteiger charge is -2.27. The van der Waals surface area contributed by atoms with Crippen LogP contribution in [0.5, 0.6) is 0 Å². The quantitative estimate of drug-likeness (QED) is 0.675.